The molecule has 0 aromatic heterocycles. The lowest BCUT2D eigenvalue weighted by Crippen LogP contribution is -2.29. The first-order chi connectivity index (χ1) is 12.9. The average Bonchev–Trinajstić information content (AvgIpc) is 2.73. The van der Waals surface area contributed by atoms with Crippen LogP contribution in [-0.4, -0.2) is 0 Å². The number of rotatable bonds is 2. The van der Waals surface area contributed by atoms with Crippen LogP contribution in [0.4, 0.5) is 0 Å². The highest BCUT2D eigenvalue weighted by Crippen LogP contribution is 2.26. The third-order valence-corrected chi connectivity index (χ3v) is 4.51. The van der Waals surface area contributed by atoms with Crippen LogP contribution in [0.5, 0.6) is 0 Å². The van der Waals surface area contributed by atoms with Crippen molar-refractivity contribution in [3.05, 3.63) is 105 Å². The molecule has 2 aliphatic heterocycles. The van der Waals surface area contributed by atoms with Gasteiger partial charge in [-0.15, -0.1) is 0 Å². The summed E-state index contributed by atoms with van der Waals surface area (Å²) in [4.78, 5) is 9.41. The Morgan fingerprint density at radius 3 is 1.62 bits per heavy atom. The first-order valence-corrected chi connectivity index (χ1v) is 8.54. The molecule has 4 nitrogen and oxygen atoms in total. The van der Waals surface area contributed by atoms with Gasteiger partial charge in [-0.25, -0.2) is 9.98 Å². The molecule has 2 unspecified atom stereocenters. The van der Waals surface area contributed by atoms with Crippen molar-refractivity contribution in [2.45, 2.75) is 12.5 Å². The van der Waals surface area contributed by atoms with E-state index in [1.54, 1.807) is 12.5 Å². The van der Waals surface area contributed by atoms with E-state index in [-0.39, 0.29) is 12.5 Å². The minimum Gasteiger partial charge on any atom is -0.471 e. The SMILES string of the molecule is C1=c2ccccc2=NC(c2cccc(C3N=c4ccccc4=CO3)c2)O1. The number of benzene rings is 3. The zero-order valence-corrected chi connectivity index (χ0v) is 13.9. The highest BCUT2D eigenvalue weighted by Gasteiger charge is 2.17. The molecule has 0 saturated heterocycles. The molecule has 0 radical (unpaired) electrons. The smallest absolute Gasteiger partial charge is 0.215 e. The number of nitrogens with zero attached hydrogens (tertiary/aromatic N) is 2. The molecule has 0 spiro atoms. The van der Waals surface area contributed by atoms with Crippen molar-refractivity contribution in [3.63, 3.8) is 0 Å². The molecule has 126 valence electrons. The third kappa shape index (κ3) is 2.65. The van der Waals surface area contributed by atoms with Crippen LogP contribution >= 0.6 is 0 Å². The van der Waals surface area contributed by atoms with Crippen molar-refractivity contribution in [2.75, 3.05) is 0 Å². The van der Waals surface area contributed by atoms with Gasteiger partial charge in [-0.05, 0) is 30.3 Å². The molecule has 5 rings (SSSR count). The summed E-state index contributed by atoms with van der Waals surface area (Å²) in [6.45, 7) is 0. The Morgan fingerprint density at radius 2 is 1.08 bits per heavy atom. The lowest BCUT2D eigenvalue weighted by atomic mass is 10.1. The number of para-hydroxylation sites is 2. The van der Waals surface area contributed by atoms with E-state index in [2.05, 4.69) is 0 Å². The fourth-order valence-electron chi connectivity index (χ4n) is 3.17. The van der Waals surface area contributed by atoms with Crippen molar-refractivity contribution in [1.29, 1.82) is 0 Å². The lowest BCUT2D eigenvalue weighted by Gasteiger charge is -2.19. The fraction of sp³-hybridized carbons (Fsp3) is 0.0909. The van der Waals surface area contributed by atoms with Crippen LogP contribution in [0.25, 0.3) is 12.5 Å². The van der Waals surface area contributed by atoms with Crippen LogP contribution in [0, 0.1) is 0 Å². The molecule has 2 aliphatic rings. The topological polar surface area (TPSA) is 43.2 Å². The van der Waals surface area contributed by atoms with Gasteiger partial charge in [0.2, 0.25) is 12.5 Å². The molecule has 3 aromatic carbocycles. The van der Waals surface area contributed by atoms with Gasteiger partial charge >= 0.3 is 0 Å². The minimum atomic E-state index is -0.357. The van der Waals surface area contributed by atoms with E-state index >= 15 is 0 Å². The van der Waals surface area contributed by atoms with Crippen molar-refractivity contribution in [3.8, 4) is 0 Å². The number of hydrogen-bond donors (Lipinski definition) is 0. The molecule has 0 amide bonds. The van der Waals surface area contributed by atoms with Crippen LogP contribution < -0.4 is 21.2 Å². The fourth-order valence-corrected chi connectivity index (χ4v) is 3.17. The van der Waals surface area contributed by atoms with Crippen LogP contribution in [0.3, 0.4) is 0 Å². The summed E-state index contributed by atoms with van der Waals surface area (Å²) < 4.78 is 11.6. The average molecular weight is 340 g/mol. The standard InChI is InChI=1S/C22H16N2O2/c1-3-10-19-17(6-1)13-25-21(23-19)15-8-5-9-16(12-15)22-24-20-11-4-2-7-18(20)14-26-22/h1-14,21-22H. The van der Waals surface area contributed by atoms with Crippen molar-refractivity contribution in [1.82, 2.24) is 0 Å². The summed E-state index contributed by atoms with van der Waals surface area (Å²) in [6.07, 6.45) is 2.82. The first kappa shape index (κ1) is 14.9. The predicted octanol–water partition coefficient (Wildman–Crippen LogP) is 1.86. The van der Waals surface area contributed by atoms with Crippen molar-refractivity contribution >= 4 is 12.5 Å². The van der Waals surface area contributed by atoms with Gasteiger partial charge in [0.15, 0.2) is 0 Å². The lowest BCUT2D eigenvalue weighted by molar-refractivity contribution is 0.175. The zero-order chi connectivity index (χ0) is 17.3. The van der Waals surface area contributed by atoms with Gasteiger partial charge < -0.3 is 9.47 Å². The Balaban J connectivity index is 1.51. The summed E-state index contributed by atoms with van der Waals surface area (Å²) in [5.74, 6) is 0. The summed E-state index contributed by atoms with van der Waals surface area (Å²) in [5.41, 5.74) is 1.96. The highest BCUT2D eigenvalue weighted by molar-refractivity contribution is 5.31. The number of hydrogen-bond acceptors (Lipinski definition) is 4. The van der Waals surface area contributed by atoms with Gasteiger partial charge in [0.1, 0.15) is 0 Å². The van der Waals surface area contributed by atoms with Crippen molar-refractivity contribution in [2.24, 2.45) is 9.98 Å². The quantitative estimate of drug-likeness (QED) is 0.715. The zero-order valence-electron chi connectivity index (χ0n) is 13.9. The monoisotopic (exact) mass is 340 g/mol. The maximum Gasteiger partial charge on any atom is 0.215 e. The van der Waals surface area contributed by atoms with Gasteiger partial charge in [-0.2, -0.15) is 0 Å². The van der Waals surface area contributed by atoms with Crippen LogP contribution in [0.2, 0.25) is 0 Å². The molecule has 4 heteroatoms. The highest BCUT2D eigenvalue weighted by atomic mass is 16.5. The van der Waals surface area contributed by atoms with E-state index in [4.69, 9.17) is 19.5 Å². The molecule has 3 aromatic rings. The van der Waals surface area contributed by atoms with E-state index in [1.165, 1.54) is 0 Å². The maximum absolute atomic E-state index is 5.82. The molecule has 0 N–H and O–H groups in total. The van der Waals surface area contributed by atoms with Gasteiger partial charge in [-0.1, -0.05) is 42.5 Å². The van der Waals surface area contributed by atoms with E-state index < -0.39 is 0 Å². The largest absolute Gasteiger partial charge is 0.471 e. The Kier molecular flexibility index (Phi) is 3.53. The van der Waals surface area contributed by atoms with E-state index in [0.717, 1.165) is 32.3 Å². The van der Waals surface area contributed by atoms with Crippen LogP contribution in [-0.2, 0) is 9.47 Å². The maximum atomic E-state index is 5.82. The van der Waals surface area contributed by atoms with Gasteiger partial charge in [-0.3, -0.25) is 0 Å². The Labute approximate surface area is 150 Å². The number of fused-ring (bicyclic) bond motifs is 2. The second kappa shape index (κ2) is 6.15. The Hall–Kier alpha value is -3.40. The molecule has 0 bridgehead atoms. The Bertz CT molecular complexity index is 1120. The molecule has 2 atom stereocenters. The van der Waals surface area contributed by atoms with Gasteiger partial charge in [0.25, 0.3) is 0 Å². The molecule has 0 aliphatic carbocycles. The number of ether oxygens (including phenoxy) is 2. The molecule has 0 fully saturated rings. The minimum absolute atomic E-state index is 0.357. The Morgan fingerprint density at radius 1 is 0.577 bits per heavy atom. The summed E-state index contributed by atoms with van der Waals surface area (Å²) >= 11 is 0. The molecule has 2 heterocycles. The van der Waals surface area contributed by atoms with Gasteiger partial charge in [0, 0.05) is 21.6 Å². The molecular formula is C22H16N2O2. The third-order valence-electron chi connectivity index (χ3n) is 4.51. The normalized spacial score (nSPS) is 19.8. The summed E-state index contributed by atoms with van der Waals surface area (Å²) in [7, 11) is 0. The summed E-state index contributed by atoms with van der Waals surface area (Å²) in [6, 6.07) is 24.0. The molecular weight excluding hydrogens is 324 g/mol. The van der Waals surface area contributed by atoms with Crippen LogP contribution in [0.1, 0.15) is 23.6 Å². The van der Waals surface area contributed by atoms with Crippen molar-refractivity contribution < 1.29 is 9.47 Å². The van der Waals surface area contributed by atoms with Crippen LogP contribution in [0.15, 0.2) is 82.8 Å². The molecule has 26 heavy (non-hydrogen) atoms. The first-order valence-electron chi connectivity index (χ1n) is 8.54. The second-order valence-corrected chi connectivity index (χ2v) is 6.26. The van der Waals surface area contributed by atoms with E-state index in [0.29, 0.717) is 0 Å². The second-order valence-electron chi connectivity index (χ2n) is 6.26. The van der Waals surface area contributed by atoms with E-state index in [9.17, 15) is 0 Å². The van der Waals surface area contributed by atoms with E-state index in [1.807, 2.05) is 72.8 Å². The summed E-state index contributed by atoms with van der Waals surface area (Å²) in [5, 5.41) is 3.87. The molecule has 0 saturated carbocycles. The predicted molar refractivity (Wildman–Crippen MR) is 97.5 cm³/mol. The van der Waals surface area contributed by atoms with Gasteiger partial charge in [0.05, 0.1) is 23.2 Å².